The Hall–Kier alpha value is -3.46. The van der Waals surface area contributed by atoms with Gasteiger partial charge in [0.2, 0.25) is 0 Å². The van der Waals surface area contributed by atoms with Crippen LogP contribution in [-0.2, 0) is 12.7 Å². The Labute approximate surface area is 163 Å². The molecule has 0 aliphatic heterocycles. The topological polar surface area (TPSA) is 71.2 Å². The van der Waals surface area contributed by atoms with Crippen LogP contribution >= 0.6 is 0 Å². The van der Waals surface area contributed by atoms with Gasteiger partial charge >= 0.3 is 12.2 Å². The molecule has 3 aromatic rings. The number of anilines is 1. The van der Waals surface area contributed by atoms with Gasteiger partial charge in [-0.1, -0.05) is 30.3 Å². The van der Waals surface area contributed by atoms with Crippen LogP contribution in [0.15, 0.2) is 67.0 Å². The highest BCUT2D eigenvalue weighted by Gasteiger charge is 2.34. The Morgan fingerprint density at radius 2 is 1.79 bits per heavy atom. The number of aromatic nitrogens is 1. The SMILES string of the molecule is NN(Cc1ccc(-c2cccnc2)cc1)C(=O)Nc1ccc(F)c(C(F)(F)F)c1. The molecule has 0 spiro atoms. The lowest BCUT2D eigenvalue weighted by Gasteiger charge is -2.18. The molecule has 3 N–H and O–H groups in total. The number of hydrazine groups is 1. The van der Waals surface area contributed by atoms with Gasteiger partial charge in [-0.15, -0.1) is 0 Å². The minimum Gasteiger partial charge on any atom is -0.307 e. The van der Waals surface area contributed by atoms with E-state index in [-0.39, 0.29) is 12.2 Å². The van der Waals surface area contributed by atoms with E-state index in [9.17, 15) is 22.4 Å². The van der Waals surface area contributed by atoms with E-state index in [1.165, 1.54) is 0 Å². The van der Waals surface area contributed by atoms with Gasteiger partial charge in [-0.05, 0) is 41.0 Å². The van der Waals surface area contributed by atoms with Crippen molar-refractivity contribution in [3.63, 3.8) is 0 Å². The number of hydrogen-bond acceptors (Lipinski definition) is 3. The molecular formula is C20H16F4N4O. The van der Waals surface area contributed by atoms with Crippen molar-refractivity contribution < 1.29 is 22.4 Å². The zero-order chi connectivity index (χ0) is 21.0. The van der Waals surface area contributed by atoms with E-state index in [1.54, 1.807) is 24.5 Å². The number of carbonyl (C=O) groups excluding carboxylic acids is 1. The maximum atomic E-state index is 13.3. The van der Waals surface area contributed by atoms with Crippen molar-refractivity contribution in [2.75, 3.05) is 5.32 Å². The van der Waals surface area contributed by atoms with Gasteiger partial charge in [0.25, 0.3) is 0 Å². The summed E-state index contributed by atoms with van der Waals surface area (Å²) in [4.78, 5) is 16.2. The van der Waals surface area contributed by atoms with Gasteiger partial charge < -0.3 is 5.32 Å². The average molecular weight is 404 g/mol. The zero-order valence-corrected chi connectivity index (χ0v) is 14.9. The van der Waals surface area contributed by atoms with Crippen molar-refractivity contribution in [1.29, 1.82) is 0 Å². The molecule has 3 rings (SSSR count). The van der Waals surface area contributed by atoms with E-state index >= 15 is 0 Å². The molecule has 0 aliphatic rings. The molecule has 5 nitrogen and oxygen atoms in total. The summed E-state index contributed by atoms with van der Waals surface area (Å²) in [6.07, 6.45) is -1.49. The van der Waals surface area contributed by atoms with Gasteiger partial charge in [-0.2, -0.15) is 13.2 Å². The summed E-state index contributed by atoms with van der Waals surface area (Å²) in [5.74, 6) is 4.29. The van der Waals surface area contributed by atoms with Crippen molar-refractivity contribution >= 4 is 11.7 Å². The third-order valence-electron chi connectivity index (χ3n) is 4.09. The van der Waals surface area contributed by atoms with Crippen molar-refractivity contribution in [2.24, 2.45) is 5.84 Å². The Kier molecular flexibility index (Phi) is 5.79. The van der Waals surface area contributed by atoms with Crippen LogP contribution in [0.25, 0.3) is 11.1 Å². The molecule has 0 aliphatic carbocycles. The van der Waals surface area contributed by atoms with Crippen LogP contribution in [0, 0.1) is 5.82 Å². The van der Waals surface area contributed by atoms with E-state index in [1.807, 2.05) is 24.3 Å². The zero-order valence-electron chi connectivity index (χ0n) is 14.9. The van der Waals surface area contributed by atoms with Gasteiger partial charge in [0.15, 0.2) is 0 Å². The van der Waals surface area contributed by atoms with Crippen molar-refractivity contribution in [1.82, 2.24) is 9.99 Å². The number of halogens is 4. The van der Waals surface area contributed by atoms with Crippen LogP contribution in [0.4, 0.5) is 28.0 Å². The molecule has 0 saturated heterocycles. The third-order valence-corrected chi connectivity index (χ3v) is 4.09. The fourth-order valence-corrected chi connectivity index (χ4v) is 2.62. The molecule has 2 aromatic carbocycles. The Bertz CT molecular complexity index is 992. The van der Waals surface area contributed by atoms with Crippen LogP contribution in [0.2, 0.25) is 0 Å². The average Bonchev–Trinajstić information content (AvgIpc) is 2.69. The van der Waals surface area contributed by atoms with E-state index in [0.717, 1.165) is 22.2 Å². The number of hydrogen-bond donors (Lipinski definition) is 2. The third kappa shape index (κ3) is 5.08. The number of nitrogens with zero attached hydrogens (tertiary/aromatic N) is 2. The second-order valence-corrected chi connectivity index (χ2v) is 6.19. The molecule has 29 heavy (non-hydrogen) atoms. The first-order chi connectivity index (χ1) is 13.7. The lowest BCUT2D eigenvalue weighted by Crippen LogP contribution is -2.40. The van der Waals surface area contributed by atoms with Crippen LogP contribution in [0.5, 0.6) is 0 Å². The summed E-state index contributed by atoms with van der Waals surface area (Å²) in [6.45, 7) is 0.0203. The molecule has 9 heteroatoms. The summed E-state index contributed by atoms with van der Waals surface area (Å²) in [5.41, 5.74) is 0.889. The normalized spacial score (nSPS) is 11.2. The van der Waals surface area contributed by atoms with Crippen molar-refractivity contribution in [2.45, 2.75) is 12.7 Å². The second kappa shape index (κ2) is 8.27. The van der Waals surface area contributed by atoms with Gasteiger partial charge in [0.1, 0.15) is 5.82 Å². The molecule has 150 valence electrons. The number of nitrogens with one attached hydrogen (secondary N) is 1. The maximum Gasteiger partial charge on any atom is 0.419 e. The lowest BCUT2D eigenvalue weighted by atomic mass is 10.1. The molecule has 0 saturated carbocycles. The van der Waals surface area contributed by atoms with Gasteiger partial charge in [-0.3, -0.25) is 9.99 Å². The van der Waals surface area contributed by atoms with E-state index in [0.29, 0.717) is 17.7 Å². The monoisotopic (exact) mass is 404 g/mol. The second-order valence-electron chi connectivity index (χ2n) is 6.19. The number of rotatable bonds is 4. The molecule has 0 unspecified atom stereocenters. The minimum atomic E-state index is -4.87. The van der Waals surface area contributed by atoms with Crippen LogP contribution in [0.1, 0.15) is 11.1 Å². The van der Waals surface area contributed by atoms with Gasteiger partial charge in [0, 0.05) is 18.1 Å². The first kappa shape index (κ1) is 20.3. The number of nitrogens with two attached hydrogens (primary N) is 1. The molecule has 1 aromatic heterocycles. The van der Waals surface area contributed by atoms with Crippen LogP contribution < -0.4 is 11.2 Å². The summed E-state index contributed by atoms with van der Waals surface area (Å²) >= 11 is 0. The van der Waals surface area contributed by atoms with Crippen LogP contribution in [0.3, 0.4) is 0 Å². The summed E-state index contributed by atoms with van der Waals surface area (Å²) < 4.78 is 51.7. The van der Waals surface area contributed by atoms with Gasteiger partial charge in [-0.25, -0.2) is 15.0 Å². The minimum absolute atomic E-state index is 0.0203. The molecular weight excluding hydrogens is 388 g/mol. The molecule has 0 atom stereocenters. The van der Waals surface area contributed by atoms with Crippen molar-refractivity contribution in [3.8, 4) is 11.1 Å². The summed E-state index contributed by atoms with van der Waals surface area (Å²) in [5, 5.41) is 3.04. The largest absolute Gasteiger partial charge is 0.419 e. The molecule has 0 bridgehead atoms. The fraction of sp³-hybridized carbons (Fsp3) is 0.100. The Morgan fingerprint density at radius 1 is 1.07 bits per heavy atom. The summed E-state index contributed by atoms with van der Waals surface area (Å²) in [7, 11) is 0. The number of benzene rings is 2. The lowest BCUT2D eigenvalue weighted by molar-refractivity contribution is -0.139. The highest BCUT2D eigenvalue weighted by molar-refractivity contribution is 5.89. The standard InChI is InChI=1S/C20H16F4N4O/c21-18-8-7-16(10-17(18)20(22,23)24)27-19(29)28(25)12-13-3-5-14(6-4-13)15-2-1-9-26-11-15/h1-11H,12,25H2,(H,27,29). The number of urea groups is 1. The smallest absolute Gasteiger partial charge is 0.307 e. The molecule has 1 heterocycles. The van der Waals surface area contributed by atoms with E-state index < -0.39 is 23.6 Å². The van der Waals surface area contributed by atoms with E-state index in [4.69, 9.17) is 5.84 Å². The quantitative estimate of drug-likeness (QED) is 0.284. The van der Waals surface area contributed by atoms with Gasteiger partial charge in [0.05, 0.1) is 12.1 Å². The molecule has 0 fully saturated rings. The highest BCUT2D eigenvalue weighted by atomic mass is 19.4. The van der Waals surface area contributed by atoms with Crippen LogP contribution in [-0.4, -0.2) is 16.0 Å². The number of pyridine rings is 1. The van der Waals surface area contributed by atoms with Crippen molar-refractivity contribution in [3.05, 3.63) is 83.9 Å². The predicted molar refractivity (Wildman–Crippen MR) is 99.8 cm³/mol. The maximum absolute atomic E-state index is 13.3. The number of alkyl halides is 3. The fourth-order valence-electron chi connectivity index (χ4n) is 2.62. The predicted octanol–water partition coefficient (Wildman–Crippen LogP) is 4.81. The first-order valence-electron chi connectivity index (χ1n) is 8.43. The Morgan fingerprint density at radius 3 is 2.41 bits per heavy atom. The van der Waals surface area contributed by atoms with E-state index in [2.05, 4.69) is 10.3 Å². The number of carbonyl (C=O) groups is 1. The summed E-state index contributed by atoms with van der Waals surface area (Å²) in [6, 6.07) is 12.3. The first-order valence-corrected chi connectivity index (χ1v) is 8.43. The Balaban J connectivity index is 1.65. The highest BCUT2D eigenvalue weighted by Crippen LogP contribution is 2.33. The number of amides is 2. The molecule has 2 amide bonds. The molecule has 0 radical (unpaired) electrons.